The van der Waals surface area contributed by atoms with Crippen molar-refractivity contribution >= 4 is 17.4 Å². The number of nitrogens with one attached hydrogen (secondary N) is 1. The molecule has 1 atom stereocenters. The third kappa shape index (κ3) is 4.73. The van der Waals surface area contributed by atoms with Gasteiger partial charge in [0.25, 0.3) is 0 Å². The summed E-state index contributed by atoms with van der Waals surface area (Å²) in [5.74, 6) is 0.446. The summed E-state index contributed by atoms with van der Waals surface area (Å²) in [6.07, 6.45) is 3.24. The topological polar surface area (TPSA) is 46.4 Å². The Morgan fingerprint density at radius 2 is 2.00 bits per heavy atom. The van der Waals surface area contributed by atoms with Gasteiger partial charge in [-0.25, -0.2) is 9.37 Å². The number of anilines is 1. The van der Waals surface area contributed by atoms with Gasteiger partial charge < -0.3 is 5.32 Å². The van der Waals surface area contributed by atoms with Gasteiger partial charge in [0, 0.05) is 18.2 Å². The molecule has 27 heavy (non-hydrogen) atoms. The molecule has 0 saturated heterocycles. The summed E-state index contributed by atoms with van der Waals surface area (Å²) in [5.41, 5.74) is 2.08. The van der Waals surface area contributed by atoms with Gasteiger partial charge in [-0.05, 0) is 42.0 Å². The maximum atomic E-state index is 13.7. The Hall–Kier alpha value is -2.69. The van der Waals surface area contributed by atoms with Gasteiger partial charge >= 0.3 is 0 Å². The van der Waals surface area contributed by atoms with E-state index in [9.17, 15) is 9.18 Å². The largest absolute Gasteiger partial charge is 0.310 e. The first-order valence-corrected chi connectivity index (χ1v) is 9.26. The SMILES string of the molecule is C[C@@H](CC(=O)Nc1c(-c2cccc(F)c2)nc2ccccn12)CC(C)(C)C. The van der Waals surface area contributed by atoms with E-state index in [1.807, 2.05) is 28.8 Å². The van der Waals surface area contributed by atoms with Gasteiger partial charge in [0.15, 0.2) is 0 Å². The molecule has 2 aromatic heterocycles. The van der Waals surface area contributed by atoms with E-state index in [4.69, 9.17) is 0 Å². The molecule has 0 aliphatic rings. The van der Waals surface area contributed by atoms with E-state index < -0.39 is 0 Å². The summed E-state index contributed by atoms with van der Waals surface area (Å²) in [6.45, 7) is 8.61. The number of imidazole rings is 1. The number of carbonyl (C=O) groups excluding carboxylic acids is 1. The normalized spacial score (nSPS) is 12.9. The summed E-state index contributed by atoms with van der Waals surface area (Å²) < 4.78 is 15.5. The molecule has 0 radical (unpaired) electrons. The second kappa shape index (κ2) is 7.51. The second-order valence-electron chi connectivity index (χ2n) is 8.37. The van der Waals surface area contributed by atoms with Crippen LogP contribution in [0.3, 0.4) is 0 Å². The summed E-state index contributed by atoms with van der Waals surface area (Å²) >= 11 is 0. The summed E-state index contributed by atoms with van der Waals surface area (Å²) in [4.78, 5) is 17.3. The summed E-state index contributed by atoms with van der Waals surface area (Å²) in [7, 11) is 0. The van der Waals surface area contributed by atoms with Crippen molar-refractivity contribution in [2.45, 2.75) is 40.5 Å². The van der Waals surface area contributed by atoms with E-state index >= 15 is 0 Å². The van der Waals surface area contributed by atoms with Crippen molar-refractivity contribution in [2.24, 2.45) is 11.3 Å². The zero-order chi connectivity index (χ0) is 19.6. The molecule has 0 saturated carbocycles. The molecule has 0 bridgehead atoms. The number of benzene rings is 1. The number of halogens is 1. The van der Waals surface area contributed by atoms with Crippen molar-refractivity contribution in [1.29, 1.82) is 0 Å². The highest BCUT2D eigenvalue weighted by Crippen LogP contribution is 2.30. The minimum Gasteiger partial charge on any atom is -0.310 e. The van der Waals surface area contributed by atoms with E-state index in [-0.39, 0.29) is 23.1 Å². The summed E-state index contributed by atoms with van der Waals surface area (Å²) in [6, 6.07) is 11.9. The van der Waals surface area contributed by atoms with Crippen LogP contribution in [0.5, 0.6) is 0 Å². The van der Waals surface area contributed by atoms with Crippen LogP contribution in [0.25, 0.3) is 16.9 Å². The minimum atomic E-state index is -0.333. The molecule has 3 rings (SSSR count). The van der Waals surface area contributed by atoms with Crippen LogP contribution >= 0.6 is 0 Å². The molecule has 3 aromatic rings. The molecule has 0 spiro atoms. The Kier molecular flexibility index (Phi) is 5.31. The molecular weight excluding hydrogens is 341 g/mol. The molecule has 0 unspecified atom stereocenters. The van der Waals surface area contributed by atoms with Crippen LogP contribution in [0, 0.1) is 17.2 Å². The molecule has 0 fully saturated rings. The second-order valence-corrected chi connectivity index (χ2v) is 8.37. The van der Waals surface area contributed by atoms with E-state index in [2.05, 4.69) is 38.0 Å². The number of rotatable bonds is 5. The number of carbonyl (C=O) groups is 1. The fourth-order valence-electron chi connectivity index (χ4n) is 3.57. The molecule has 5 heteroatoms. The monoisotopic (exact) mass is 367 g/mol. The molecular formula is C22H26FN3O. The Bertz CT molecular complexity index is 956. The standard InChI is InChI=1S/C22H26FN3O/c1-15(14-22(2,3)4)12-19(27)25-21-20(16-8-7-9-17(23)13-16)24-18-10-5-6-11-26(18)21/h5-11,13,15H,12,14H2,1-4H3,(H,25,27)/t15-/m0/s1. The third-order valence-electron chi connectivity index (χ3n) is 4.38. The van der Waals surface area contributed by atoms with Crippen LogP contribution in [0.2, 0.25) is 0 Å². The van der Waals surface area contributed by atoms with Gasteiger partial charge in [-0.1, -0.05) is 45.9 Å². The lowest BCUT2D eigenvalue weighted by Gasteiger charge is -2.22. The van der Waals surface area contributed by atoms with Crippen molar-refractivity contribution < 1.29 is 9.18 Å². The molecule has 1 N–H and O–H groups in total. The number of hydrogen-bond donors (Lipinski definition) is 1. The van der Waals surface area contributed by atoms with Gasteiger partial charge in [-0.15, -0.1) is 0 Å². The van der Waals surface area contributed by atoms with Crippen LogP contribution in [0.4, 0.5) is 10.2 Å². The Morgan fingerprint density at radius 3 is 2.70 bits per heavy atom. The highest BCUT2D eigenvalue weighted by molar-refractivity contribution is 5.94. The van der Waals surface area contributed by atoms with Crippen LogP contribution < -0.4 is 5.32 Å². The number of pyridine rings is 1. The third-order valence-corrected chi connectivity index (χ3v) is 4.38. The van der Waals surface area contributed by atoms with Gasteiger partial charge in [-0.2, -0.15) is 0 Å². The zero-order valence-corrected chi connectivity index (χ0v) is 16.3. The maximum Gasteiger partial charge on any atom is 0.225 e. The fraction of sp³-hybridized carbons (Fsp3) is 0.364. The Morgan fingerprint density at radius 1 is 1.22 bits per heavy atom. The average Bonchev–Trinajstić information content (AvgIpc) is 2.91. The van der Waals surface area contributed by atoms with Gasteiger partial charge in [-0.3, -0.25) is 9.20 Å². The Labute approximate surface area is 159 Å². The Balaban J connectivity index is 1.91. The fourth-order valence-corrected chi connectivity index (χ4v) is 3.57. The van der Waals surface area contributed by atoms with Crippen LogP contribution in [-0.2, 0) is 4.79 Å². The number of hydrogen-bond acceptors (Lipinski definition) is 2. The lowest BCUT2D eigenvalue weighted by Crippen LogP contribution is -2.19. The number of fused-ring (bicyclic) bond motifs is 1. The molecule has 4 nitrogen and oxygen atoms in total. The lowest BCUT2D eigenvalue weighted by atomic mass is 9.84. The van der Waals surface area contributed by atoms with Gasteiger partial charge in [0.1, 0.15) is 23.0 Å². The first-order chi connectivity index (χ1) is 12.7. The highest BCUT2D eigenvalue weighted by atomic mass is 19.1. The van der Waals surface area contributed by atoms with Crippen molar-refractivity contribution in [2.75, 3.05) is 5.32 Å². The molecule has 2 heterocycles. The lowest BCUT2D eigenvalue weighted by molar-refractivity contribution is -0.117. The highest BCUT2D eigenvalue weighted by Gasteiger charge is 2.20. The van der Waals surface area contributed by atoms with E-state index in [1.165, 1.54) is 12.1 Å². The summed E-state index contributed by atoms with van der Waals surface area (Å²) in [5, 5.41) is 3.01. The first-order valence-electron chi connectivity index (χ1n) is 9.26. The van der Waals surface area contributed by atoms with Crippen LogP contribution in [0.15, 0.2) is 48.7 Å². The smallest absolute Gasteiger partial charge is 0.225 e. The van der Waals surface area contributed by atoms with Crippen molar-refractivity contribution in [3.8, 4) is 11.3 Å². The van der Waals surface area contributed by atoms with Crippen LogP contribution in [0.1, 0.15) is 40.5 Å². The quantitative estimate of drug-likeness (QED) is 0.643. The zero-order valence-electron chi connectivity index (χ0n) is 16.3. The first kappa shape index (κ1) is 19.1. The van der Waals surface area contributed by atoms with E-state index in [1.54, 1.807) is 12.1 Å². The van der Waals surface area contributed by atoms with Crippen molar-refractivity contribution in [1.82, 2.24) is 9.38 Å². The molecule has 142 valence electrons. The maximum absolute atomic E-state index is 13.7. The van der Waals surface area contributed by atoms with Crippen molar-refractivity contribution in [3.05, 3.63) is 54.5 Å². The van der Waals surface area contributed by atoms with Crippen molar-refractivity contribution in [3.63, 3.8) is 0 Å². The average molecular weight is 367 g/mol. The predicted octanol–water partition coefficient (Wildman–Crippen LogP) is 5.54. The predicted molar refractivity (Wildman–Crippen MR) is 107 cm³/mol. The molecule has 0 aliphatic carbocycles. The van der Waals surface area contributed by atoms with E-state index in [0.29, 0.717) is 29.1 Å². The number of amides is 1. The molecule has 0 aliphatic heterocycles. The number of nitrogens with zero attached hydrogens (tertiary/aromatic N) is 2. The molecule has 1 amide bonds. The van der Waals surface area contributed by atoms with E-state index in [0.717, 1.165) is 6.42 Å². The van der Waals surface area contributed by atoms with Crippen LogP contribution in [-0.4, -0.2) is 15.3 Å². The minimum absolute atomic E-state index is 0.0601. The van der Waals surface area contributed by atoms with Gasteiger partial charge in [0.2, 0.25) is 5.91 Å². The van der Waals surface area contributed by atoms with Gasteiger partial charge in [0.05, 0.1) is 0 Å². The molecule has 1 aromatic carbocycles. The number of aromatic nitrogens is 2.